The van der Waals surface area contributed by atoms with Crippen LogP contribution in [0, 0.1) is 0 Å². The van der Waals surface area contributed by atoms with Crippen LogP contribution in [0.4, 0.5) is 5.69 Å². The number of anilines is 1. The van der Waals surface area contributed by atoms with Crippen LogP contribution in [0.3, 0.4) is 0 Å². The Morgan fingerprint density at radius 2 is 1.54 bits per heavy atom. The second-order valence-corrected chi connectivity index (χ2v) is 6.92. The summed E-state index contributed by atoms with van der Waals surface area (Å²) in [5, 5.41) is 1.22. The van der Waals surface area contributed by atoms with E-state index in [4.69, 9.17) is 4.42 Å². The summed E-state index contributed by atoms with van der Waals surface area (Å²) in [5.74, 6) is 0.579. The van der Waals surface area contributed by atoms with Gasteiger partial charge in [0, 0.05) is 0 Å². The maximum absolute atomic E-state index is 12.8. The van der Waals surface area contributed by atoms with Gasteiger partial charge in [-0.05, 0) is 35.9 Å². The van der Waals surface area contributed by atoms with Gasteiger partial charge in [0.25, 0.3) is 10.0 Å². The molecule has 1 heterocycles. The van der Waals surface area contributed by atoms with Crippen molar-refractivity contribution in [2.75, 3.05) is 4.31 Å². The van der Waals surface area contributed by atoms with Gasteiger partial charge in [0.2, 0.25) is 0 Å². The van der Waals surface area contributed by atoms with E-state index in [9.17, 15) is 8.42 Å². The van der Waals surface area contributed by atoms with Crippen LogP contribution in [0.2, 0.25) is 0 Å². The van der Waals surface area contributed by atoms with E-state index in [0.717, 1.165) is 5.56 Å². The second-order valence-electron chi connectivity index (χ2n) is 5.18. The Morgan fingerprint density at radius 3 is 2.17 bits per heavy atom. The number of benzene rings is 2. The summed E-state index contributed by atoms with van der Waals surface area (Å²) in [6.07, 6.45) is 3.12. The molecule has 122 valence electrons. The van der Waals surface area contributed by atoms with Crippen molar-refractivity contribution in [3.05, 3.63) is 95.8 Å². The lowest BCUT2D eigenvalue weighted by molar-refractivity contribution is 0.509. The van der Waals surface area contributed by atoms with Crippen molar-refractivity contribution in [1.82, 2.24) is 0 Å². The van der Waals surface area contributed by atoms with Gasteiger partial charge in [0.1, 0.15) is 5.76 Å². The van der Waals surface area contributed by atoms with Crippen LogP contribution >= 0.6 is 0 Å². The fraction of sp³-hybridized carbons (Fsp3) is 0.0526. The summed E-state index contributed by atoms with van der Waals surface area (Å²) in [4.78, 5) is 0. The molecule has 0 saturated heterocycles. The zero-order chi connectivity index (χ0) is 16.8. The molecule has 0 spiro atoms. The first-order valence-electron chi connectivity index (χ1n) is 7.48. The Kier molecular flexibility index (Phi) is 4.82. The molecule has 0 bridgehead atoms. The molecule has 3 aromatic rings. The predicted molar refractivity (Wildman–Crippen MR) is 95.7 cm³/mol. The first kappa shape index (κ1) is 16.1. The maximum atomic E-state index is 12.8. The molecule has 3 rings (SSSR count). The first-order valence-corrected chi connectivity index (χ1v) is 8.99. The predicted octanol–water partition coefficient (Wildman–Crippen LogP) is 4.29. The quantitative estimate of drug-likeness (QED) is 0.673. The van der Waals surface area contributed by atoms with Crippen LogP contribution < -0.4 is 4.31 Å². The van der Waals surface area contributed by atoms with E-state index in [2.05, 4.69) is 0 Å². The summed E-state index contributed by atoms with van der Waals surface area (Å²) < 4.78 is 32.3. The lowest BCUT2D eigenvalue weighted by Crippen LogP contribution is -2.28. The molecular weight excluding hydrogens is 322 g/mol. The first-order chi connectivity index (χ1) is 11.6. The Morgan fingerprint density at radius 1 is 0.875 bits per heavy atom. The number of para-hydroxylation sites is 1. The minimum Gasteiger partial charge on any atom is -0.467 e. The Balaban J connectivity index is 1.93. The molecular formula is C19H17NO3S. The fourth-order valence-electron chi connectivity index (χ4n) is 2.27. The molecule has 0 atom stereocenters. The molecule has 0 aliphatic rings. The molecule has 24 heavy (non-hydrogen) atoms. The highest BCUT2D eigenvalue weighted by atomic mass is 32.2. The highest BCUT2D eigenvalue weighted by Gasteiger charge is 2.21. The van der Waals surface area contributed by atoms with Gasteiger partial charge in [-0.3, -0.25) is 4.31 Å². The van der Waals surface area contributed by atoms with E-state index in [-0.39, 0.29) is 6.54 Å². The minimum absolute atomic E-state index is 0.137. The van der Waals surface area contributed by atoms with Crippen molar-refractivity contribution in [3.63, 3.8) is 0 Å². The van der Waals surface area contributed by atoms with E-state index >= 15 is 0 Å². The number of sulfonamides is 1. The Hall–Kier alpha value is -2.79. The molecule has 4 nitrogen and oxygen atoms in total. The van der Waals surface area contributed by atoms with Gasteiger partial charge in [0.05, 0.1) is 23.9 Å². The number of nitrogens with zero attached hydrogens (tertiary/aromatic N) is 1. The Bertz CT molecular complexity index is 886. The largest absolute Gasteiger partial charge is 0.467 e. The zero-order valence-electron chi connectivity index (χ0n) is 12.9. The molecule has 0 fully saturated rings. The van der Waals surface area contributed by atoms with Crippen LogP contribution in [0.25, 0.3) is 6.08 Å². The lowest BCUT2D eigenvalue weighted by Gasteiger charge is -2.21. The van der Waals surface area contributed by atoms with Crippen molar-refractivity contribution in [1.29, 1.82) is 0 Å². The number of furan rings is 1. The number of hydrogen-bond acceptors (Lipinski definition) is 3. The molecule has 0 aliphatic carbocycles. The van der Waals surface area contributed by atoms with Crippen molar-refractivity contribution in [3.8, 4) is 0 Å². The monoisotopic (exact) mass is 339 g/mol. The molecule has 1 aromatic heterocycles. The molecule has 0 N–H and O–H groups in total. The van der Waals surface area contributed by atoms with E-state index in [1.54, 1.807) is 42.5 Å². The lowest BCUT2D eigenvalue weighted by atomic mass is 10.2. The second kappa shape index (κ2) is 7.19. The van der Waals surface area contributed by atoms with E-state index in [0.29, 0.717) is 11.4 Å². The topological polar surface area (TPSA) is 50.5 Å². The van der Waals surface area contributed by atoms with Gasteiger partial charge in [-0.25, -0.2) is 8.42 Å². The summed E-state index contributed by atoms with van der Waals surface area (Å²) in [6.45, 7) is 0.137. The van der Waals surface area contributed by atoms with Gasteiger partial charge < -0.3 is 4.42 Å². The van der Waals surface area contributed by atoms with E-state index in [1.807, 2.05) is 36.4 Å². The molecule has 0 aliphatic heterocycles. The molecule has 2 aromatic carbocycles. The number of hydrogen-bond donors (Lipinski definition) is 0. The van der Waals surface area contributed by atoms with Gasteiger partial charge in [-0.2, -0.15) is 0 Å². The van der Waals surface area contributed by atoms with E-state index in [1.165, 1.54) is 16.0 Å². The SMILES string of the molecule is O=S(=O)(C=Cc1ccccc1)N(Cc1ccco1)c1ccccc1. The average Bonchev–Trinajstić information content (AvgIpc) is 3.13. The van der Waals surface area contributed by atoms with E-state index < -0.39 is 10.0 Å². The third-order valence-electron chi connectivity index (χ3n) is 3.46. The van der Waals surface area contributed by atoms with Crippen LogP contribution in [-0.4, -0.2) is 8.42 Å². The summed E-state index contributed by atoms with van der Waals surface area (Å²) in [6, 6.07) is 21.8. The van der Waals surface area contributed by atoms with Gasteiger partial charge in [-0.1, -0.05) is 48.5 Å². The van der Waals surface area contributed by atoms with Crippen molar-refractivity contribution >= 4 is 21.8 Å². The molecule has 0 unspecified atom stereocenters. The van der Waals surface area contributed by atoms with Crippen molar-refractivity contribution < 1.29 is 12.8 Å². The maximum Gasteiger partial charge on any atom is 0.257 e. The third kappa shape index (κ3) is 3.94. The van der Waals surface area contributed by atoms with Gasteiger partial charge in [0.15, 0.2) is 0 Å². The van der Waals surface area contributed by atoms with Crippen LogP contribution in [0.1, 0.15) is 11.3 Å². The standard InChI is InChI=1S/C19H17NO3S/c21-24(22,15-13-17-8-3-1-4-9-17)20(16-19-12-7-14-23-19)18-10-5-2-6-11-18/h1-15H,16H2. The average molecular weight is 339 g/mol. The molecule has 0 radical (unpaired) electrons. The number of rotatable bonds is 6. The highest BCUT2D eigenvalue weighted by Crippen LogP contribution is 2.22. The summed E-state index contributed by atoms with van der Waals surface area (Å²) >= 11 is 0. The van der Waals surface area contributed by atoms with Gasteiger partial charge >= 0.3 is 0 Å². The van der Waals surface area contributed by atoms with Crippen molar-refractivity contribution in [2.45, 2.75) is 6.54 Å². The smallest absolute Gasteiger partial charge is 0.257 e. The molecule has 5 heteroatoms. The van der Waals surface area contributed by atoms with Crippen LogP contribution in [0.15, 0.2) is 88.9 Å². The minimum atomic E-state index is -3.66. The zero-order valence-corrected chi connectivity index (χ0v) is 13.8. The fourth-order valence-corrected chi connectivity index (χ4v) is 3.47. The van der Waals surface area contributed by atoms with Crippen LogP contribution in [-0.2, 0) is 16.6 Å². The van der Waals surface area contributed by atoms with Crippen molar-refractivity contribution in [2.24, 2.45) is 0 Å². The van der Waals surface area contributed by atoms with Gasteiger partial charge in [-0.15, -0.1) is 0 Å². The highest BCUT2D eigenvalue weighted by molar-refractivity contribution is 7.95. The van der Waals surface area contributed by atoms with Crippen LogP contribution in [0.5, 0.6) is 0 Å². The molecule has 0 saturated carbocycles. The Labute approximate surface area is 141 Å². The molecule has 0 amide bonds. The summed E-state index contributed by atoms with van der Waals surface area (Å²) in [5.41, 5.74) is 1.42. The summed E-state index contributed by atoms with van der Waals surface area (Å²) in [7, 11) is -3.66. The normalized spacial score (nSPS) is 11.7. The third-order valence-corrected chi connectivity index (χ3v) is 4.90.